The quantitative estimate of drug-likeness (QED) is 0.348. The van der Waals surface area contributed by atoms with Crippen LogP contribution in [-0.2, 0) is 11.6 Å². The van der Waals surface area contributed by atoms with Crippen molar-refractivity contribution in [3.05, 3.63) is 84.1 Å². The molecule has 5 rings (SSSR count). The first-order valence-electron chi connectivity index (χ1n) is 10.9. The average Bonchev–Trinajstić information content (AvgIpc) is 3.11. The van der Waals surface area contributed by atoms with Crippen LogP contribution in [0.2, 0.25) is 0 Å². The molecule has 0 spiro atoms. The molecule has 160 valence electrons. The first-order chi connectivity index (χ1) is 15.2. The molecule has 0 aliphatic carbocycles. The third-order valence-electron chi connectivity index (χ3n) is 6.94. The standard InChI is InChI=1S/C27H23BF3N/c1-4-26(2,3)20-15-18(27(29,30)31)16-23-24(20)25-22(13-8-14-32-25)28(23)21-12-7-10-17-9-5-6-11-19(17)21/h5-16H,4H2,1-3H3. The molecule has 0 saturated carbocycles. The number of alkyl halides is 3. The fourth-order valence-electron chi connectivity index (χ4n) is 4.91. The van der Waals surface area contributed by atoms with Gasteiger partial charge < -0.3 is 0 Å². The lowest BCUT2D eigenvalue weighted by atomic mass is 9.38. The summed E-state index contributed by atoms with van der Waals surface area (Å²) in [7, 11) is 0. The molecule has 0 saturated heterocycles. The molecule has 1 aliphatic heterocycles. The molecule has 1 aliphatic rings. The third-order valence-corrected chi connectivity index (χ3v) is 6.94. The molecule has 0 unspecified atom stereocenters. The predicted molar refractivity (Wildman–Crippen MR) is 127 cm³/mol. The lowest BCUT2D eigenvalue weighted by molar-refractivity contribution is -0.137. The van der Waals surface area contributed by atoms with Gasteiger partial charge in [0, 0.05) is 6.20 Å². The Balaban J connectivity index is 1.90. The number of pyridine rings is 1. The monoisotopic (exact) mass is 429 g/mol. The van der Waals surface area contributed by atoms with Crippen molar-refractivity contribution in [2.45, 2.75) is 38.8 Å². The zero-order valence-corrected chi connectivity index (χ0v) is 18.3. The Morgan fingerprint density at radius 3 is 2.31 bits per heavy atom. The van der Waals surface area contributed by atoms with Gasteiger partial charge in [-0.2, -0.15) is 13.2 Å². The van der Waals surface area contributed by atoms with E-state index >= 15 is 0 Å². The van der Waals surface area contributed by atoms with Gasteiger partial charge in [-0.15, -0.1) is 0 Å². The van der Waals surface area contributed by atoms with Gasteiger partial charge in [-0.1, -0.05) is 86.3 Å². The third kappa shape index (κ3) is 3.14. The molecule has 0 radical (unpaired) electrons. The summed E-state index contributed by atoms with van der Waals surface area (Å²) in [6.45, 7) is 5.74. The number of benzene rings is 3. The number of hydrogen-bond acceptors (Lipinski definition) is 1. The Morgan fingerprint density at radius 1 is 0.844 bits per heavy atom. The molecule has 0 atom stereocenters. The van der Waals surface area contributed by atoms with E-state index in [-0.39, 0.29) is 6.71 Å². The van der Waals surface area contributed by atoms with Crippen LogP contribution in [-0.4, -0.2) is 11.7 Å². The Hall–Kier alpha value is -3.08. The van der Waals surface area contributed by atoms with Gasteiger partial charge in [0.15, 0.2) is 0 Å². The Bertz CT molecular complexity index is 1340. The molecule has 4 aromatic rings. The Labute approximate surface area is 186 Å². The molecule has 32 heavy (non-hydrogen) atoms. The van der Waals surface area contributed by atoms with Crippen molar-refractivity contribution < 1.29 is 13.2 Å². The lowest BCUT2D eigenvalue weighted by Gasteiger charge is -2.28. The van der Waals surface area contributed by atoms with Crippen molar-refractivity contribution in [3.8, 4) is 11.3 Å². The van der Waals surface area contributed by atoms with Gasteiger partial charge in [0.05, 0.1) is 11.3 Å². The van der Waals surface area contributed by atoms with Crippen molar-refractivity contribution in [3.63, 3.8) is 0 Å². The SMILES string of the molecule is CCC(C)(C)c1cc(C(F)(F)F)cc2c1-c1ncccc1B2c1cccc2ccccc12. The molecular weight excluding hydrogens is 406 g/mol. The molecule has 0 amide bonds. The van der Waals surface area contributed by atoms with E-state index in [9.17, 15) is 13.2 Å². The van der Waals surface area contributed by atoms with Crippen LogP contribution in [0, 0.1) is 0 Å². The minimum absolute atomic E-state index is 0.298. The van der Waals surface area contributed by atoms with Gasteiger partial charge in [0.2, 0.25) is 6.71 Å². The van der Waals surface area contributed by atoms with Crippen LogP contribution in [0.1, 0.15) is 38.3 Å². The van der Waals surface area contributed by atoms with Crippen molar-refractivity contribution in [1.29, 1.82) is 0 Å². The van der Waals surface area contributed by atoms with Crippen LogP contribution in [0.3, 0.4) is 0 Å². The summed E-state index contributed by atoms with van der Waals surface area (Å²) in [4.78, 5) is 4.68. The first-order valence-corrected chi connectivity index (χ1v) is 10.9. The minimum Gasteiger partial charge on any atom is -0.257 e. The smallest absolute Gasteiger partial charge is 0.257 e. The number of nitrogens with zero attached hydrogens (tertiary/aromatic N) is 1. The lowest BCUT2D eigenvalue weighted by Crippen LogP contribution is -2.49. The fourth-order valence-corrected chi connectivity index (χ4v) is 4.91. The second-order valence-corrected chi connectivity index (χ2v) is 9.17. The minimum atomic E-state index is -4.42. The van der Waals surface area contributed by atoms with Crippen molar-refractivity contribution in [2.24, 2.45) is 0 Å². The summed E-state index contributed by atoms with van der Waals surface area (Å²) < 4.78 is 42.1. The summed E-state index contributed by atoms with van der Waals surface area (Å²) in [5.74, 6) is 0. The number of fused-ring (bicyclic) bond motifs is 4. The van der Waals surface area contributed by atoms with Crippen LogP contribution in [0.4, 0.5) is 13.2 Å². The normalized spacial score (nSPS) is 13.4. The van der Waals surface area contributed by atoms with Crippen LogP contribution >= 0.6 is 0 Å². The van der Waals surface area contributed by atoms with Crippen molar-refractivity contribution in [1.82, 2.24) is 4.98 Å². The molecule has 5 heteroatoms. The van der Waals surface area contributed by atoms with Crippen LogP contribution in [0.15, 0.2) is 72.9 Å². The molecular formula is C27H23BF3N. The number of rotatable bonds is 3. The second kappa shape index (κ2) is 7.23. The predicted octanol–water partition coefficient (Wildman–Crippen LogP) is 5.44. The molecule has 0 fully saturated rings. The maximum Gasteiger partial charge on any atom is 0.416 e. The summed E-state index contributed by atoms with van der Waals surface area (Å²) in [6.07, 6.45) is -1.96. The van der Waals surface area contributed by atoms with Crippen molar-refractivity contribution >= 4 is 33.9 Å². The fraction of sp³-hybridized carbons (Fsp3) is 0.222. The second-order valence-electron chi connectivity index (χ2n) is 9.17. The summed E-state index contributed by atoms with van der Waals surface area (Å²) >= 11 is 0. The number of hydrogen-bond donors (Lipinski definition) is 0. The van der Waals surface area contributed by atoms with Gasteiger partial charge in [0.1, 0.15) is 0 Å². The van der Waals surface area contributed by atoms with Gasteiger partial charge in [-0.3, -0.25) is 4.98 Å². The summed E-state index contributed by atoms with van der Waals surface area (Å²) in [6, 6.07) is 20.7. The van der Waals surface area contributed by atoms with E-state index in [0.29, 0.717) is 11.0 Å². The number of aromatic nitrogens is 1. The number of halogens is 3. The molecule has 1 nitrogen and oxygen atoms in total. The maximum absolute atomic E-state index is 14.0. The largest absolute Gasteiger partial charge is 0.416 e. The Morgan fingerprint density at radius 2 is 1.56 bits per heavy atom. The highest BCUT2D eigenvalue weighted by Crippen LogP contribution is 2.40. The van der Waals surface area contributed by atoms with Gasteiger partial charge in [-0.05, 0) is 51.3 Å². The molecule has 0 N–H and O–H groups in total. The van der Waals surface area contributed by atoms with Gasteiger partial charge >= 0.3 is 6.18 Å². The highest BCUT2D eigenvalue weighted by Gasteiger charge is 2.42. The van der Waals surface area contributed by atoms with E-state index in [2.05, 4.69) is 4.98 Å². The van der Waals surface area contributed by atoms with Gasteiger partial charge in [-0.25, -0.2) is 0 Å². The van der Waals surface area contributed by atoms with E-state index in [4.69, 9.17) is 0 Å². The van der Waals surface area contributed by atoms with Crippen LogP contribution in [0.25, 0.3) is 22.0 Å². The van der Waals surface area contributed by atoms with E-state index in [1.165, 1.54) is 12.1 Å². The van der Waals surface area contributed by atoms with E-state index in [0.717, 1.165) is 39.4 Å². The van der Waals surface area contributed by atoms with Crippen molar-refractivity contribution in [2.75, 3.05) is 0 Å². The highest BCUT2D eigenvalue weighted by molar-refractivity contribution is 7.00. The average molecular weight is 429 g/mol. The summed E-state index contributed by atoms with van der Waals surface area (Å²) in [5, 5.41) is 2.13. The Kier molecular flexibility index (Phi) is 4.70. The highest BCUT2D eigenvalue weighted by atomic mass is 19.4. The maximum atomic E-state index is 14.0. The first kappa shape index (κ1) is 20.8. The van der Waals surface area contributed by atoms with E-state index in [1.54, 1.807) is 6.20 Å². The summed E-state index contributed by atoms with van der Waals surface area (Å²) in [5.41, 5.74) is 4.03. The molecule has 0 bridgehead atoms. The molecule has 3 aromatic carbocycles. The van der Waals surface area contributed by atoms with E-state index < -0.39 is 17.2 Å². The van der Waals surface area contributed by atoms with Crippen LogP contribution < -0.4 is 16.4 Å². The molecule has 2 heterocycles. The molecule has 1 aromatic heterocycles. The van der Waals surface area contributed by atoms with Crippen LogP contribution in [0.5, 0.6) is 0 Å². The van der Waals surface area contributed by atoms with E-state index in [1.807, 2.05) is 75.4 Å². The zero-order valence-electron chi connectivity index (χ0n) is 18.3. The van der Waals surface area contributed by atoms with Gasteiger partial charge in [0.25, 0.3) is 0 Å². The topological polar surface area (TPSA) is 12.9 Å². The zero-order chi connectivity index (χ0) is 22.7.